The van der Waals surface area contributed by atoms with Crippen molar-refractivity contribution in [2.45, 2.75) is 37.5 Å². The zero-order valence-electron chi connectivity index (χ0n) is 10.4. The van der Waals surface area contributed by atoms with Gasteiger partial charge in [0, 0.05) is 5.92 Å². The maximum Gasteiger partial charge on any atom is 0.269 e. The summed E-state index contributed by atoms with van der Waals surface area (Å²) in [5, 5.41) is 12.7. The predicted molar refractivity (Wildman–Crippen MR) is 68.7 cm³/mol. The lowest BCUT2D eigenvalue weighted by molar-refractivity contribution is 0.390. The molecule has 1 N–H and O–H groups in total. The van der Waals surface area contributed by atoms with Gasteiger partial charge in [0.05, 0.1) is 0 Å². The van der Waals surface area contributed by atoms with Gasteiger partial charge in [0.2, 0.25) is 5.13 Å². The van der Waals surface area contributed by atoms with Gasteiger partial charge in [-0.3, -0.25) is 4.72 Å². The minimum absolute atomic E-state index is 0.0654. The van der Waals surface area contributed by atoms with Crippen LogP contribution in [0.25, 0.3) is 0 Å². The van der Waals surface area contributed by atoms with Crippen LogP contribution >= 0.6 is 11.3 Å². The summed E-state index contributed by atoms with van der Waals surface area (Å²) in [4.78, 5) is 0.0654. The van der Waals surface area contributed by atoms with Crippen molar-refractivity contribution in [3.63, 3.8) is 0 Å². The Labute approximate surface area is 114 Å². The fourth-order valence-corrected chi connectivity index (χ4v) is 4.27. The Kier molecular flexibility index (Phi) is 2.82. The van der Waals surface area contributed by atoms with Crippen LogP contribution in [0.15, 0.2) is 9.42 Å². The lowest BCUT2D eigenvalue weighted by atomic mass is 10.4. The van der Waals surface area contributed by atoms with E-state index in [0.29, 0.717) is 11.6 Å². The molecule has 1 fully saturated rings. The topological polar surface area (TPSA) is 98.0 Å². The van der Waals surface area contributed by atoms with Crippen molar-refractivity contribution in [1.29, 1.82) is 0 Å². The standard InChI is InChI=1S/C10H12N4O3S2/c1-5-8(6(2)17-13-5)19(15,16)14-10-12-11-9(18-10)7-3-4-7/h7H,3-4H2,1-2H3,(H,12,14). The molecule has 3 rings (SSSR count). The third kappa shape index (κ3) is 2.35. The van der Waals surface area contributed by atoms with E-state index >= 15 is 0 Å². The molecule has 7 nitrogen and oxygen atoms in total. The summed E-state index contributed by atoms with van der Waals surface area (Å²) in [6, 6.07) is 0. The van der Waals surface area contributed by atoms with Crippen molar-refractivity contribution < 1.29 is 12.9 Å². The Morgan fingerprint density at radius 1 is 1.32 bits per heavy atom. The van der Waals surface area contributed by atoms with Crippen LogP contribution in [0, 0.1) is 13.8 Å². The van der Waals surface area contributed by atoms with Crippen LogP contribution in [0.1, 0.15) is 35.2 Å². The number of aryl methyl sites for hydroxylation is 2. The molecule has 1 aliphatic rings. The number of sulfonamides is 1. The summed E-state index contributed by atoms with van der Waals surface area (Å²) in [5.74, 6) is 0.715. The van der Waals surface area contributed by atoms with Crippen LogP contribution in [0.2, 0.25) is 0 Å². The molecule has 0 bridgehead atoms. The number of hydrogen-bond acceptors (Lipinski definition) is 7. The first kappa shape index (κ1) is 12.5. The molecule has 0 aromatic carbocycles. The molecule has 2 aromatic heterocycles. The molecule has 0 atom stereocenters. The molecule has 19 heavy (non-hydrogen) atoms. The molecule has 0 spiro atoms. The van der Waals surface area contributed by atoms with E-state index in [1.807, 2.05) is 0 Å². The summed E-state index contributed by atoms with van der Waals surface area (Å²) < 4.78 is 31.7. The molecule has 0 radical (unpaired) electrons. The number of nitrogens with one attached hydrogen (secondary N) is 1. The number of hydrogen-bond donors (Lipinski definition) is 1. The highest BCUT2D eigenvalue weighted by molar-refractivity contribution is 7.93. The first-order valence-electron chi connectivity index (χ1n) is 5.76. The van der Waals surface area contributed by atoms with Gasteiger partial charge >= 0.3 is 0 Å². The second kappa shape index (κ2) is 4.27. The third-order valence-corrected chi connectivity index (χ3v) is 5.54. The molecular weight excluding hydrogens is 288 g/mol. The molecule has 9 heteroatoms. The summed E-state index contributed by atoms with van der Waals surface area (Å²) in [5.41, 5.74) is 0.330. The third-order valence-electron chi connectivity index (χ3n) is 2.83. The van der Waals surface area contributed by atoms with Crippen molar-refractivity contribution in [3.05, 3.63) is 16.5 Å². The molecule has 2 heterocycles. The second-order valence-electron chi connectivity index (χ2n) is 4.48. The van der Waals surface area contributed by atoms with E-state index in [9.17, 15) is 8.42 Å². The Morgan fingerprint density at radius 2 is 2.05 bits per heavy atom. The van der Waals surface area contributed by atoms with E-state index in [-0.39, 0.29) is 15.8 Å². The molecule has 0 amide bonds. The summed E-state index contributed by atoms with van der Waals surface area (Å²) in [6.07, 6.45) is 2.20. The monoisotopic (exact) mass is 300 g/mol. The predicted octanol–water partition coefficient (Wildman–Crippen LogP) is 1.82. The van der Waals surface area contributed by atoms with E-state index in [4.69, 9.17) is 4.52 Å². The Hall–Kier alpha value is -1.48. The normalized spacial score (nSPS) is 15.7. The van der Waals surface area contributed by atoms with Crippen LogP contribution in [0.5, 0.6) is 0 Å². The van der Waals surface area contributed by atoms with E-state index in [2.05, 4.69) is 20.1 Å². The maximum atomic E-state index is 12.2. The van der Waals surface area contributed by atoms with Gasteiger partial charge in [0.25, 0.3) is 10.0 Å². The van der Waals surface area contributed by atoms with Gasteiger partial charge in [0.15, 0.2) is 10.7 Å². The molecule has 0 saturated heterocycles. The quantitative estimate of drug-likeness (QED) is 0.924. The fraction of sp³-hybridized carbons (Fsp3) is 0.500. The summed E-state index contributed by atoms with van der Waals surface area (Å²) in [7, 11) is -3.72. The highest BCUT2D eigenvalue weighted by Gasteiger charge is 2.29. The van der Waals surface area contributed by atoms with Crippen LogP contribution in [-0.4, -0.2) is 23.8 Å². The summed E-state index contributed by atoms with van der Waals surface area (Å²) >= 11 is 1.28. The Bertz CT molecular complexity index is 695. The van der Waals surface area contributed by atoms with Gasteiger partial charge in [-0.2, -0.15) is 0 Å². The van der Waals surface area contributed by atoms with Crippen LogP contribution in [-0.2, 0) is 10.0 Å². The number of nitrogens with zero attached hydrogens (tertiary/aromatic N) is 3. The lowest BCUT2D eigenvalue weighted by Gasteiger charge is -2.02. The second-order valence-corrected chi connectivity index (χ2v) is 7.11. The van der Waals surface area contributed by atoms with Gasteiger partial charge in [-0.05, 0) is 26.7 Å². The van der Waals surface area contributed by atoms with Gasteiger partial charge in [-0.15, -0.1) is 10.2 Å². The molecule has 1 aliphatic carbocycles. The number of aromatic nitrogens is 3. The minimum Gasteiger partial charge on any atom is -0.360 e. The van der Waals surface area contributed by atoms with E-state index in [1.54, 1.807) is 13.8 Å². The Balaban J connectivity index is 1.88. The minimum atomic E-state index is -3.72. The summed E-state index contributed by atoms with van der Waals surface area (Å²) in [6.45, 7) is 3.14. The number of rotatable bonds is 4. The molecule has 0 aliphatic heterocycles. The SMILES string of the molecule is Cc1noc(C)c1S(=O)(=O)Nc1nnc(C2CC2)s1. The fourth-order valence-electron chi connectivity index (χ4n) is 1.80. The molecular formula is C10H12N4O3S2. The van der Waals surface area contributed by atoms with Crippen molar-refractivity contribution in [1.82, 2.24) is 15.4 Å². The lowest BCUT2D eigenvalue weighted by Crippen LogP contribution is -2.14. The average Bonchev–Trinajstić information content (AvgIpc) is 2.98. The largest absolute Gasteiger partial charge is 0.360 e. The average molecular weight is 300 g/mol. The molecule has 102 valence electrons. The van der Waals surface area contributed by atoms with Crippen LogP contribution in [0.4, 0.5) is 5.13 Å². The highest BCUT2D eigenvalue weighted by atomic mass is 32.2. The van der Waals surface area contributed by atoms with Crippen LogP contribution < -0.4 is 4.72 Å². The maximum absolute atomic E-state index is 12.2. The van der Waals surface area contributed by atoms with Crippen molar-refractivity contribution in [2.24, 2.45) is 0 Å². The van der Waals surface area contributed by atoms with Gasteiger partial charge < -0.3 is 4.52 Å². The van der Waals surface area contributed by atoms with Crippen molar-refractivity contribution >= 4 is 26.5 Å². The van der Waals surface area contributed by atoms with Crippen LogP contribution in [0.3, 0.4) is 0 Å². The van der Waals surface area contributed by atoms with Gasteiger partial charge in [0.1, 0.15) is 10.7 Å². The first-order chi connectivity index (χ1) is 8.97. The van der Waals surface area contributed by atoms with Gasteiger partial charge in [-0.1, -0.05) is 16.5 Å². The molecule has 2 aromatic rings. The molecule has 0 unspecified atom stereocenters. The highest BCUT2D eigenvalue weighted by Crippen LogP contribution is 2.42. The van der Waals surface area contributed by atoms with Gasteiger partial charge in [-0.25, -0.2) is 8.42 Å². The van der Waals surface area contributed by atoms with E-state index < -0.39 is 10.0 Å². The number of anilines is 1. The van der Waals surface area contributed by atoms with Crippen molar-refractivity contribution in [3.8, 4) is 0 Å². The first-order valence-corrected chi connectivity index (χ1v) is 8.06. The van der Waals surface area contributed by atoms with E-state index in [1.165, 1.54) is 11.3 Å². The zero-order chi connectivity index (χ0) is 13.6. The smallest absolute Gasteiger partial charge is 0.269 e. The molecule has 1 saturated carbocycles. The Morgan fingerprint density at radius 3 is 2.63 bits per heavy atom. The van der Waals surface area contributed by atoms with Crippen molar-refractivity contribution in [2.75, 3.05) is 4.72 Å². The van der Waals surface area contributed by atoms with E-state index in [0.717, 1.165) is 17.8 Å². The zero-order valence-corrected chi connectivity index (χ0v) is 12.0.